The van der Waals surface area contributed by atoms with Gasteiger partial charge in [0.2, 0.25) is 0 Å². The van der Waals surface area contributed by atoms with E-state index in [-0.39, 0.29) is 5.91 Å². The third-order valence-electron chi connectivity index (χ3n) is 4.37. The van der Waals surface area contributed by atoms with Crippen LogP contribution in [0.2, 0.25) is 0 Å². The van der Waals surface area contributed by atoms with Gasteiger partial charge in [-0.2, -0.15) is 5.10 Å². The standard InChI is InChI=1S/C18H19N7O/c1-23-9-10-25-18(23)15(11-21-25)17(26)19-12-16-22-20-13-24(16)8-7-14-5-3-2-4-6-14/h2-6,9-11,13H,7-8,12H2,1H3,(H,19,26). The van der Waals surface area contributed by atoms with Crippen LogP contribution in [0.25, 0.3) is 5.65 Å². The van der Waals surface area contributed by atoms with Gasteiger partial charge < -0.3 is 14.5 Å². The SMILES string of the molecule is Cn1ccn2ncc(C(=O)NCc3nncn3CCc3ccccc3)c12. The first-order valence-corrected chi connectivity index (χ1v) is 8.40. The molecular formula is C18H19N7O. The van der Waals surface area contributed by atoms with Crippen molar-refractivity contribution in [2.24, 2.45) is 7.05 Å². The molecule has 26 heavy (non-hydrogen) atoms. The Bertz CT molecular complexity index is 1030. The van der Waals surface area contributed by atoms with Crippen molar-refractivity contribution in [3.8, 4) is 0 Å². The number of carbonyl (C=O) groups is 1. The zero-order valence-electron chi connectivity index (χ0n) is 14.4. The van der Waals surface area contributed by atoms with E-state index in [2.05, 4.69) is 32.7 Å². The number of nitrogens with zero attached hydrogens (tertiary/aromatic N) is 6. The number of carbonyl (C=O) groups excluding carboxylic acids is 1. The van der Waals surface area contributed by atoms with Gasteiger partial charge in [0.1, 0.15) is 17.5 Å². The Hall–Kier alpha value is -3.42. The van der Waals surface area contributed by atoms with E-state index < -0.39 is 0 Å². The highest BCUT2D eigenvalue weighted by Crippen LogP contribution is 2.10. The number of hydrogen-bond acceptors (Lipinski definition) is 4. The Morgan fingerprint density at radius 1 is 1.19 bits per heavy atom. The van der Waals surface area contributed by atoms with E-state index in [9.17, 15) is 4.79 Å². The van der Waals surface area contributed by atoms with E-state index in [4.69, 9.17) is 0 Å². The van der Waals surface area contributed by atoms with E-state index in [1.807, 2.05) is 46.8 Å². The predicted molar refractivity (Wildman–Crippen MR) is 95.5 cm³/mol. The first-order chi connectivity index (χ1) is 12.7. The van der Waals surface area contributed by atoms with E-state index in [1.165, 1.54) is 5.56 Å². The van der Waals surface area contributed by atoms with Gasteiger partial charge in [-0.25, -0.2) is 4.52 Å². The first-order valence-electron chi connectivity index (χ1n) is 8.40. The number of benzene rings is 1. The van der Waals surface area contributed by atoms with Crippen LogP contribution in [0.1, 0.15) is 21.7 Å². The molecule has 132 valence electrons. The summed E-state index contributed by atoms with van der Waals surface area (Å²) in [5.41, 5.74) is 2.54. The van der Waals surface area contributed by atoms with E-state index in [0.717, 1.165) is 24.4 Å². The lowest BCUT2D eigenvalue weighted by Crippen LogP contribution is -2.25. The highest BCUT2D eigenvalue weighted by Gasteiger charge is 2.16. The topological polar surface area (TPSA) is 82.0 Å². The number of fused-ring (bicyclic) bond motifs is 1. The van der Waals surface area contributed by atoms with Gasteiger partial charge in [0.15, 0.2) is 5.82 Å². The molecule has 3 aromatic heterocycles. The number of aromatic nitrogens is 6. The van der Waals surface area contributed by atoms with Gasteiger partial charge in [-0.3, -0.25) is 4.79 Å². The molecule has 0 aliphatic heterocycles. The van der Waals surface area contributed by atoms with Crippen molar-refractivity contribution < 1.29 is 4.79 Å². The summed E-state index contributed by atoms with van der Waals surface area (Å²) in [6.45, 7) is 1.08. The molecule has 4 rings (SSSR count). The van der Waals surface area contributed by atoms with Gasteiger partial charge in [-0.15, -0.1) is 10.2 Å². The van der Waals surface area contributed by atoms with Crippen LogP contribution >= 0.6 is 0 Å². The Labute approximate surface area is 150 Å². The average Bonchev–Trinajstić information content (AvgIpc) is 3.37. The Morgan fingerprint density at radius 3 is 2.88 bits per heavy atom. The van der Waals surface area contributed by atoms with Gasteiger partial charge in [-0.05, 0) is 12.0 Å². The minimum atomic E-state index is -0.181. The third-order valence-corrected chi connectivity index (χ3v) is 4.37. The van der Waals surface area contributed by atoms with Gasteiger partial charge in [0.05, 0.1) is 12.7 Å². The lowest BCUT2D eigenvalue weighted by molar-refractivity contribution is 0.0950. The van der Waals surface area contributed by atoms with Crippen molar-refractivity contribution in [1.29, 1.82) is 0 Å². The van der Waals surface area contributed by atoms with Gasteiger partial charge >= 0.3 is 0 Å². The molecule has 0 aliphatic rings. The van der Waals surface area contributed by atoms with Crippen LogP contribution in [-0.2, 0) is 26.6 Å². The van der Waals surface area contributed by atoms with Gasteiger partial charge in [0, 0.05) is 26.0 Å². The zero-order valence-corrected chi connectivity index (χ0v) is 14.4. The Morgan fingerprint density at radius 2 is 2.04 bits per heavy atom. The van der Waals surface area contributed by atoms with Crippen LogP contribution in [0.3, 0.4) is 0 Å². The largest absolute Gasteiger partial charge is 0.345 e. The number of hydrogen-bond donors (Lipinski definition) is 1. The number of nitrogens with one attached hydrogen (secondary N) is 1. The molecule has 0 spiro atoms. The molecule has 4 aromatic rings. The van der Waals surface area contributed by atoms with Crippen LogP contribution in [0.4, 0.5) is 0 Å². The van der Waals surface area contributed by atoms with Crippen molar-refractivity contribution >= 4 is 11.6 Å². The summed E-state index contributed by atoms with van der Waals surface area (Å²) in [5.74, 6) is 0.545. The van der Waals surface area contributed by atoms with Crippen molar-refractivity contribution in [3.05, 3.63) is 72.2 Å². The smallest absolute Gasteiger partial charge is 0.257 e. The Balaban J connectivity index is 1.41. The van der Waals surface area contributed by atoms with Crippen LogP contribution in [0.5, 0.6) is 0 Å². The van der Waals surface area contributed by atoms with Crippen molar-refractivity contribution in [1.82, 2.24) is 34.3 Å². The number of imidazole rings is 1. The van der Waals surface area contributed by atoms with E-state index >= 15 is 0 Å². The molecule has 0 saturated carbocycles. The molecule has 8 nitrogen and oxygen atoms in total. The number of aryl methyl sites for hydroxylation is 3. The van der Waals surface area contributed by atoms with Crippen molar-refractivity contribution in [2.45, 2.75) is 19.5 Å². The second-order valence-electron chi connectivity index (χ2n) is 6.09. The highest BCUT2D eigenvalue weighted by molar-refractivity contribution is 5.99. The number of rotatable bonds is 6. The van der Waals surface area contributed by atoms with Crippen molar-refractivity contribution in [2.75, 3.05) is 0 Å². The second kappa shape index (κ2) is 6.83. The Kier molecular flexibility index (Phi) is 4.22. The summed E-state index contributed by atoms with van der Waals surface area (Å²) in [5, 5.41) is 15.2. The van der Waals surface area contributed by atoms with E-state index in [0.29, 0.717) is 12.1 Å². The van der Waals surface area contributed by atoms with Crippen molar-refractivity contribution in [3.63, 3.8) is 0 Å². The molecule has 1 amide bonds. The normalized spacial score (nSPS) is 11.1. The summed E-state index contributed by atoms with van der Waals surface area (Å²) in [6.07, 6.45) is 7.82. The second-order valence-corrected chi connectivity index (χ2v) is 6.09. The molecule has 1 N–H and O–H groups in total. The predicted octanol–water partition coefficient (Wildman–Crippen LogP) is 1.44. The first kappa shape index (κ1) is 16.1. The molecule has 0 atom stereocenters. The fourth-order valence-corrected chi connectivity index (χ4v) is 2.96. The van der Waals surface area contributed by atoms with Crippen LogP contribution in [-0.4, -0.2) is 34.9 Å². The maximum atomic E-state index is 12.5. The molecule has 0 saturated heterocycles. The molecule has 0 aliphatic carbocycles. The lowest BCUT2D eigenvalue weighted by Gasteiger charge is -2.08. The lowest BCUT2D eigenvalue weighted by atomic mass is 10.1. The monoisotopic (exact) mass is 349 g/mol. The maximum Gasteiger partial charge on any atom is 0.257 e. The summed E-state index contributed by atoms with van der Waals surface area (Å²) in [4.78, 5) is 12.5. The molecule has 3 heterocycles. The quantitative estimate of drug-likeness (QED) is 0.571. The summed E-state index contributed by atoms with van der Waals surface area (Å²) >= 11 is 0. The third kappa shape index (κ3) is 3.08. The number of amides is 1. The molecule has 0 fully saturated rings. The minimum absolute atomic E-state index is 0.181. The molecular weight excluding hydrogens is 330 g/mol. The fourth-order valence-electron chi connectivity index (χ4n) is 2.96. The summed E-state index contributed by atoms with van der Waals surface area (Å²) in [7, 11) is 1.88. The van der Waals surface area contributed by atoms with Gasteiger partial charge in [-0.1, -0.05) is 30.3 Å². The van der Waals surface area contributed by atoms with Gasteiger partial charge in [0.25, 0.3) is 5.91 Å². The zero-order chi connectivity index (χ0) is 17.9. The highest BCUT2D eigenvalue weighted by atomic mass is 16.1. The molecule has 0 unspecified atom stereocenters. The van der Waals surface area contributed by atoms with Crippen LogP contribution in [0, 0.1) is 0 Å². The summed E-state index contributed by atoms with van der Waals surface area (Å²) in [6, 6.07) is 10.2. The minimum Gasteiger partial charge on any atom is -0.345 e. The molecule has 0 bridgehead atoms. The maximum absolute atomic E-state index is 12.5. The average molecular weight is 349 g/mol. The molecule has 1 aromatic carbocycles. The van der Waals surface area contributed by atoms with E-state index in [1.54, 1.807) is 17.0 Å². The van der Waals surface area contributed by atoms with Crippen LogP contribution < -0.4 is 5.32 Å². The van der Waals surface area contributed by atoms with Crippen LogP contribution in [0.15, 0.2) is 55.2 Å². The molecule has 0 radical (unpaired) electrons. The molecule has 8 heteroatoms. The fraction of sp³-hybridized carbons (Fsp3) is 0.222. The summed E-state index contributed by atoms with van der Waals surface area (Å²) < 4.78 is 5.50.